The number of rotatable bonds is 6. The number of fused-ring (bicyclic) bond motifs is 1. The van der Waals surface area contributed by atoms with Crippen molar-refractivity contribution < 1.29 is 9.21 Å². The number of amides is 1. The van der Waals surface area contributed by atoms with Crippen LogP contribution in [0.2, 0.25) is 0 Å². The number of carbonyl (C=O) groups is 1. The lowest BCUT2D eigenvalue weighted by Crippen LogP contribution is -2.26. The van der Waals surface area contributed by atoms with E-state index in [-0.39, 0.29) is 5.91 Å². The zero-order valence-electron chi connectivity index (χ0n) is 13.5. The van der Waals surface area contributed by atoms with Gasteiger partial charge in [-0.15, -0.1) is 0 Å². The molecular formula is C18H21N3O2. The van der Waals surface area contributed by atoms with Crippen molar-refractivity contribution in [3.05, 3.63) is 53.6 Å². The van der Waals surface area contributed by atoms with Crippen molar-refractivity contribution in [3.63, 3.8) is 0 Å². The second kappa shape index (κ2) is 6.69. The Bertz CT molecular complexity index is 817. The van der Waals surface area contributed by atoms with E-state index in [0.717, 1.165) is 22.4 Å². The van der Waals surface area contributed by atoms with Gasteiger partial charge in [-0.1, -0.05) is 11.6 Å². The molecule has 0 saturated carbocycles. The van der Waals surface area contributed by atoms with Crippen LogP contribution in [-0.2, 0) is 17.8 Å². The summed E-state index contributed by atoms with van der Waals surface area (Å²) >= 11 is 0. The first-order valence-electron chi connectivity index (χ1n) is 7.86. The van der Waals surface area contributed by atoms with Crippen LogP contribution in [0.4, 0.5) is 0 Å². The Morgan fingerprint density at radius 1 is 1.26 bits per heavy atom. The van der Waals surface area contributed by atoms with Gasteiger partial charge in [0.05, 0.1) is 18.3 Å². The quantitative estimate of drug-likeness (QED) is 0.761. The van der Waals surface area contributed by atoms with Crippen molar-refractivity contribution >= 4 is 16.8 Å². The van der Waals surface area contributed by atoms with Crippen molar-refractivity contribution in [2.75, 3.05) is 6.54 Å². The maximum absolute atomic E-state index is 11.9. The molecule has 1 N–H and O–H groups in total. The molecule has 5 heteroatoms. The Balaban J connectivity index is 1.48. The van der Waals surface area contributed by atoms with Crippen LogP contribution in [0.3, 0.4) is 0 Å². The van der Waals surface area contributed by atoms with Crippen LogP contribution in [0, 0.1) is 13.8 Å². The molecule has 0 atom stereocenters. The Morgan fingerprint density at radius 3 is 2.91 bits per heavy atom. The summed E-state index contributed by atoms with van der Waals surface area (Å²) in [6.07, 6.45) is 2.98. The predicted octanol–water partition coefficient (Wildman–Crippen LogP) is 3.00. The lowest BCUT2D eigenvalue weighted by atomic mass is 10.2. The van der Waals surface area contributed by atoms with Crippen molar-refractivity contribution in [2.45, 2.75) is 33.2 Å². The highest BCUT2D eigenvalue weighted by atomic mass is 16.3. The second-order valence-electron chi connectivity index (χ2n) is 5.79. The van der Waals surface area contributed by atoms with E-state index >= 15 is 0 Å². The first kappa shape index (κ1) is 15.3. The smallest absolute Gasteiger partial charge is 0.221 e. The number of nitrogens with one attached hydrogen (secondary N) is 1. The molecule has 2 aromatic heterocycles. The topological polar surface area (TPSA) is 60.1 Å². The number of nitrogens with zero attached hydrogens (tertiary/aromatic N) is 2. The Morgan fingerprint density at radius 2 is 2.13 bits per heavy atom. The number of furan rings is 1. The summed E-state index contributed by atoms with van der Waals surface area (Å²) in [5.74, 6) is 1.83. The van der Waals surface area contributed by atoms with E-state index in [9.17, 15) is 4.79 Å². The van der Waals surface area contributed by atoms with E-state index in [1.54, 1.807) is 0 Å². The van der Waals surface area contributed by atoms with Crippen LogP contribution in [0.15, 0.2) is 40.9 Å². The van der Waals surface area contributed by atoms with E-state index in [1.807, 2.05) is 29.9 Å². The summed E-state index contributed by atoms with van der Waals surface area (Å²) in [7, 11) is 0. The minimum Gasteiger partial charge on any atom is -0.466 e. The van der Waals surface area contributed by atoms with Gasteiger partial charge in [-0.05, 0) is 38.1 Å². The number of aryl methyl sites for hydroxylation is 3. The molecule has 0 bridgehead atoms. The van der Waals surface area contributed by atoms with Crippen LogP contribution in [0.25, 0.3) is 10.9 Å². The van der Waals surface area contributed by atoms with Gasteiger partial charge in [0.1, 0.15) is 11.5 Å². The van der Waals surface area contributed by atoms with E-state index < -0.39 is 0 Å². The highest BCUT2D eigenvalue weighted by Crippen LogP contribution is 2.15. The van der Waals surface area contributed by atoms with Crippen LogP contribution in [-0.4, -0.2) is 22.2 Å². The third-order valence-corrected chi connectivity index (χ3v) is 3.84. The fourth-order valence-electron chi connectivity index (χ4n) is 2.63. The van der Waals surface area contributed by atoms with E-state index in [0.29, 0.717) is 25.9 Å². The molecule has 0 aliphatic rings. The highest BCUT2D eigenvalue weighted by Gasteiger charge is 2.06. The first-order valence-corrected chi connectivity index (χ1v) is 7.86. The molecule has 0 unspecified atom stereocenters. The summed E-state index contributed by atoms with van der Waals surface area (Å²) in [6.45, 7) is 5.14. The lowest BCUT2D eigenvalue weighted by molar-refractivity contribution is -0.121. The average molecular weight is 311 g/mol. The van der Waals surface area contributed by atoms with Crippen LogP contribution < -0.4 is 5.32 Å². The fourth-order valence-corrected chi connectivity index (χ4v) is 2.63. The van der Waals surface area contributed by atoms with Crippen molar-refractivity contribution in [1.82, 2.24) is 15.1 Å². The van der Waals surface area contributed by atoms with Gasteiger partial charge in [-0.2, -0.15) is 5.10 Å². The largest absolute Gasteiger partial charge is 0.466 e. The molecule has 3 aromatic rings. The highest BCUT2D eigenvalue weighted by molar-refractivity contribution is 5.80. The SMILES string of the molecule is Cc1ccc2c(cnn2CCC(=O)NCCc2ccc(C)o2)c1. The summed E-state index contributed by atoms with van der Waals surface area (Å²) in [6, 6.07) is 10.1. The van der Waals surface area contributed by atoms with Gasteiger partial charge in [-0.3, -0.25) is 9.48 Å². The fraction of sp³-hybridized carbons (Fsp3) is 0.333. The molecule has 1 amide bonds. The van der Waals surface area contributed by atoms with Crippen LogP contribution in [0.1, 0.15) is 23.5 Å². The third kappa shape index (κ3) is 3.80. The molecule has 0 spiro atoms. The van der Waals surface area contributed by atoms with Gasteiger partial charge < -0.3 is 9.73 Å². The molecule has 23 heavy (non-hydrogen) atoms. The molecule has 5 nitrogen and oxygen atoms in total. The lowest BCUT2D eigenvalue weighted by Gasteiger charge is -2.06. The van der Waals surface area contributed by atoms with Crippen LogP contribution in [0.5, 0.6) is 0 Å². The van der Waals surface area contributed by atoms with Gasteiger partial charge in [0.25, 0.3) is 0 Å². The molecule has 3 rings (SSSR count). The monoisotopic (exact) mass is 311 g/mol. The van der Waals surface area contributed by atoms with Crippen molar-refractivity contribution in [2.24, 2.45) is 0 Å². The molecule has 0 radical (unpaired) electrons. The minimum absolute atomic E-state index is 0.0315. The number of hydrogen-bond acceptors (Lipinski definition) is 3. The second-order valence-corrected chi connectivity index (χ2v) is 5.79. The Labute approximate surface area is 135 Å². The molecular weight excluding hydrogens is 290 g/mol. The maximum Gasteiger partial charge on any atom is 0.221 e. The molecule has 2 heterocycles. The molecule has 0 saturated heterocycles. The Kier molecular flexibility index (Phi) is 4.46. The summed E-state index contributed by atoms with van der Waals surface area (Å²) in [4.78, 5) is 11.9. The average Bonchev–Trinajstić information content (AvgIpc) is 3.11. The van der Waals surface area contributed by atoms with E-state index in [1.165, 1.54) is 5.56 Å². The standard InChI is InChI=1S/C18H21N3O2/c1-13-3-6-17-15(11-13)12-20-21(17)10-8-18(22)19-9-7-16-5-4-14(2)23-16/h3-6,11-12H,7-10H2,1-2H3,(H,19,22). The van der Waals surface area contributed by atoms with Crippen molar-refractivity contribution in [1.29, 1.82) is 0 Å². The zero-order chi connectivity index (χ0) is 16.2. The molecule has 0 aliphatic heterocycles. The van der Waals surface area contributed by atoms with Gasteiger partial charge in [0, 0.05) is 24.8 Å². The predicted molar refractivity (Wildman–Crippen MR) is 89.2 cm³/mol. The summed E-state index contributed by atoms with van der Waals surface area (Å²) in [5.41, 5.74) is 2.28. The van der Waals surface area contributed by atoms with Crippen LogP contribution >= 0.6 is 0 Å². The van der Waals surface area contributed by atoms with Crippen molar-refractivity contribution in [3.8, 4) is 0 Å². The third-order valence-electron chi connectivity index (χ3n) is 3.84. The number of benzene rings is 1. The number of carbonyl (C=O) groups excluding carboxylic acids is 1. The number of aromatic nitrogens is 2. The first-order chi connectivity index (χ1) is 11.1. The minimum atomic E-state index is 0.0315. The molecule has 0 fully saturated rings. The molecule has 120 valence electrons. The van der Waals surface area contributed by atoms with E-state index in [2.05, 4.69) is 35.5 Å². The van der Waals surface area contributed by atoms with Gasteiger partial charge in [0.2, 0.25) is 5.91 Å². The normalized spacial score (nSPS) is 11.0. The number of hydrogen-bond donors (Lipinski definition) is 1. The van der Waals surface area contributed by atoms with Gasteiger partial charge >= 0.3 is 0 Å². The molecule has 1 aromatic carbocycles. The summed E-state index contributed by atoms with van der Waals surface area (Å²) in [5, 5.41) is 8.39. The maximum atomic E-state index is 11.9. The van der Waals surface area contributed by atoms with Gasteiger partial charge in [-0.25, -0.2) is 0 Å². The molecule has 0 aliphatic carbocycles. The Hall–Kier alpha value is -2.56. The van der Waals surface area contributed by atoms with Gasteiger partial charge in [0.15, 0.2) is 0 Å². The van der Waals surface area contributed by atoms with E-state index in [4.69, 9.17) is 4.42 Å². The summed E-state index contributed by atoms with van der Waals surface area (Å²) < 4.78 is 7.36. The zero-order valence-corrected chi connectivity index (χ0v) is 13.5.